The summed E-state index contributed by atoms with van der Waals surface area (Å²) in [6.45, 7) is 0. The summed E-state index contributed by atoms with van der Waals surface area (Å²) in [5.41, 5.74) is 3.26. The molecule has 1 N–H and O–H groups in total. The molecule has 3 rings (SSSR count). The molecular weight excluding hydrogens is 296 g/mol. The van der Waals surface area contributed by atoms with Crippen molar-refractivity contribution in [2.24, 2.45) is 0 Å². The average Bonchev–Trinajstić information content (AvgIpc) is 3.03. The standard InChI is InChI=1S/C18H13ClN2O/c19-15-8-6-14(7-9-15)18(22)11-10-16-12-17(21-20-16)13-4-2-1-3-5-13/h1-12H,(H,20,21). The fraction of sp³-hybridized carbons (Fsp3) is 0. The van der Waals surface area contributed by atoms with E-state index in [0.717, 1.165) is 17.0 Å². The highest BCUT2D eigenvalue weighted by molar-refractivity contribution is 6.30. The van der Waals surface area contributed by atoms with Crippen LogP contribution in [0.2, 0.25) is 5.02 Å². The molecule has 0 aliphatic rings. The summed E-state index contributed by atoms with van der Waals surface area (Å²) in [7, 11) is 0. The SMILES string of the molecule is O=C(C=Cc1cc(-c2ccccc2)n[nH]1)c1ccc(Cl)cc1. The first-order chi connectivity index (χ1) is 10.7. The highest BCUT2D eigenvalue weighted by atomic mass is 35.5. The van der Waals surface area contributed by atoms with Crippen LogP contribution in [0.5, 0.6) is 0 Å². The van der Waals surface area contributed by atoms with Crippen molar-refractivity contribution in [2.45, 2.75) is 0 Å². The lowest BCUT2D eigenvalue weighted by Gasteiger charge is -1.95. The van der Waals surface area contributed by atoms with E-state index < -0.39 is 0 Å². The van der Waals surface area contributed by atoms with E-state index in [9.17, 15) is 4.79 Å². The maximum absolute atomic E-state index is 12.0. The Kier molecular flexibility index (Phi) is 4.17. The van der Waals surface area contributed by atoms with E-state index in [0.29, 0.717) is 10.6 Å². The number of hydrogen-bond acceptors (Lipinski definition) is 2. The molecule has 22 heavy (non-hydrogen) atoms. The zero-order valence-electron chi connectivity index (χ0n) is 11.7. The molecule has 0 bridgehead atoms. The van der Waals surface area contributed by atoms with Crippen molar-refractivity contribution in [1.82, 2.24) is 10.2 Å². The molecule has 0 radical (unpaired) electrons. The van der Waals surface area contributed by atoms with Crippen molar-refractivity contribution in [1.29, 1.82) is 0 Å². The minimum Gasteiger partial charge on any atom is -0.289 e. The lowest BCUT2D eigenvalue weighted by molar-refractivity contribution is 0.104. The summed E-state index contributed by atoms with van der Waals surface area (Å²) in [6, 6.07) is 18.6. The number of aromatic amines is 1. The Labute approximate surface area is 133 Å². The van der Waals surface area contributed by atoms with Gasteiger partial charge in [-0.3, -0.25) is 9.89 Å². The lowest BCUT2D eigenvalue weighted by Crippen LogP contribution is -1.93. The van der Waals surface area contributed by atoms with Crippen LogP contribution in [-0.2, 0) is 0 Å². The zero-order chi connectivity index (χ0) is 15.4. The van der Waals surface area contributed by atoms with Crippen LogP contribution in [0.3, 0.4) is 0 Å². The number of halogens is 1. The topological polar surface area (TPSA) is 45.8 Å². The quantitative estimate of drug-likeness (QED) is 0.564. The number of rotatable bonds is 4. The maximum atomic E-state index is 12.0. The van der Waals surface area contributed by atoms with Gasteiger partial charge in [-0.05, 0) is 42.5 Å². The van der Waals surface area contributed by atoms with Crippen LogP contribution in [0.15, 0.2) is 66.7 Å². The van der Waals surface area contributed by atoms with Crippen LogP contribution in [-0.4, -0.2) is 16.0 Å². The Morgan fingerprint density at radius 2 is 1.77 bits per heavy atom. The molecule has 1 aromatic heterocycles. The Balaban J connectivity index is 1.75. The molecule has 3 nitrogen and oxygen atoms in total. The normalized spacial score (nSPS) is 11.0. The third kappa shape index (κ3) is 3.32. The van der Waals surface area contributed by atoms with Crippen LogP contribution in [0.1, 0.15) is 16.1 Å². The summed E-state index contributed by atoms with van der Waals surface area (Å²) in [6.07, 6.45) is 3.24. The summed E-state index contributed by atoms with van der Waals surface area (Å²) in [4.78, 5) is 12.0. The summed E-state index contributed by atoms with van der Waals surface area (Å²) >= 11 is 5.81. The Hall–Kier alpha value is -2.65. The number of H-pyrrole nitrogens is 1. The molecule has 1 heterocycles. The van der Waals surface area contributed by atoms with Gasteiger partial charge in [0.2, 0.25) is 0 Å². The number of carbonyl (C=O) groups is 1. The van der Waals surface area contributed by atoms with Crippen LogP contribution in [0.4, 0.5) is 0 Å². The van der Waals surface area contributed by atoms with Gasteiger partial charge in [0, 0.05) is 16.1 Å². The second-order valence-electron chi connectivity index (χ2n) is 4.78. The average molecular weight is 309 g/mol. The van der Waals surface area contributed by atoms with Crippen molar-refractivity contribution in [2.75, 3.05) is 0 Å². The fourth-order valence-corrected chi connectivity index (χ4v) is 2.18. The lowest BCUT2D eigenvalue weighted by atomic mass is 10.1. The molecule has 0 spiro atoms. The van der Waals surface area contributed by atoms with E-state index in [1.54, 1.807) is 30.3 Å². The molecule has 0 saturated heterocycles. The van der Waals surface area contributed by atoms with Gasteiger partial charge in [-0.25, -0.2) is 0 Å². The molecule has 0 atom stereocenters. The van der Waals surface area contributed by atoms with E-state index in [1.807, 2.05) is 36.4 Å². The number of ketones is 1. The molecule has 0 aliphatic heterocycles. The van der Waals surface area contributed by atoms with E-state index in [-0.39, 0.29) is 5.78 Å². The first kappa shape index (κ1) is 14.3. The third-order valence-electron chi connectivity index (χ3n) is 3.21. The molecule has 4 heteroatoms. The van der Waals surface area contributed by atoms with Crippen LogP contribution < -0.4 is 0 Å². The predicted molar refractivity (Wildman–Crippen MR) is 88.8 cm³/mol. The van der Waals surface area contributed by atoms with Gasteiger partial charge < -0.3 is 0 Å². The summed E-state index contributed by atoms with van der Waals surface area (Å²) in [5, 5.41) is 7.77. The van der Waals surface area contributed by atoms with Crippen molar-refractivity contribution in [3.05, 3.63) is 83.0 Å². The molecule has 0 fully saturated rings. The van der Waals surface area contributed by atoms with Crippen LogP contribution in [0, 0.1) is 0 Å². The van der Waals surface area contributed by atoms with Gasteiger partial charge in [0.05, 0.1) is 11.4 Å². The van der Waals surface area contributed by atoms with Gasteiger partial charge >= 0.3 is 0 Å². The van der Waals surface area contributed by atoms with Gasteiger partial charge in [0.15, 0.2) is 5.78 Å². The van der Waals surface area contributed by atoms with E-state index >= 15 is 0 Å². The van der Waals surface area contributed by atoms with Gasteiger partial charge in [-0.15, -0.1) is 0 Å². The number of nitrogens with one attached hydrogen (secondary N) is 1. The number of nitrogens with zero attached hydrogens (tertiary/aromatic N) is 1. The predicted octanol–water partition coefficient (Wildman–Crippen LogP) is 4.63. The molecule has 0 unspecified atom stereocenters. The number of carbonyl (C=O) groups excluding carboxylic acids is 1. The molecule has 0 amide bonds. The Morgan fingerprint density at radius 1 is 1.05 bits per heavy atom. The van der Waals surface area contributed by atoms with Crippen molar-refractivity contribution in [3.63, 3.8) is 0 Å². The van der Waals surface area contributed by atoms with E-state index in [1.165, 1.54) is 6.08 Å². The second-order valence-corrected chi connectivity index (χ2v) is 5.22. The number of aromatic nitrogens is 2. The summed E-state index contributed by atoms with van der Waals surface area (Å²) < 4.78 is 0. The summed E-state index contributed by atoms with van der Waals surface area (Å²) in [5.74, 6) is -0.0764. The first-order valence-electron chi connectivity index (χ1n) is 6.81. The number of allylic oxidation sites excluding steroid dienone is 1. The molecular formula is C18H13ClN2O. The highest BCUT2D eigenvalue weighted by Crippen LogP contribution is 2.17. The zero-order valence-corrected chi connectivity index (χ0v) is 12.4. The number of hydrogen-bond donors (Lipinski definition) is 1. The fourth-order valence-electron chi connectivity index (χ4n) is 2.05. The highest BCUT2D eigenvalue weighted by Gasteiger charge is 2.03. The molecule has 0 saturated carbocycles. The largest absolute Gasteiger partial charge is 0.289 e. The van der Waals surface area contributed by atoms with Crippen LogP contribution >= 0.6 is 11.6 Å². The van der Waals surface area contributed by atoms with Gasteiger partial charge in [0.25, 0.3) is 0 Å². The van der Waals surface area contributed by atoms with Gasteiger partial charge in [-0.1, -0.05) is 41.9 Å². The third-order valence-corrected chi connectivity index (χ3v) is 3.46. The van der Waals surface area contributed by atoms with E-state index in [2.05, 4.69) is 10.2 Å². The second kappa shape index (κ2) is 6.41. The van der Waals surface area contributed by atoms with Crippen molar-refractivity contribution < 1.29 is 4.79 Å². The van der Waals surface area contributed by atoms with Crippen molar-refractivity contribution in [3.8, 4) is 11.3 Å². The van der Waals surface area contributed by atoms with Crippen molar-refractivity contribution >= 4 is 23.5 Å². The molecule has 108 valence electrons. The van der Waals surface area contributed by atoms with Crippen LogP contribution in [0.25, 0.3) is 17.3 Å². The Bertz CT molecular complexity index is 805. The van der Waals surface area contributed by atoms with E-state index in [4.69, 9.17) is 11.6 Å². The maximum Gasteiger partial charge on any atom is 0.185 e. The Morgan fingerprint density at radius 3 is 2.50 bits per heavy atom. The van der Waals surface area contributed by atoms with Gasteiger partial charge in [0.1, 0.15) is 0 Å². The minimum atomic E-state index is -0.0764. The minimum absolute atomic E-state index is 0.0764. The first-order valence-corrected chi connectivity index (χ1v) is 7.19. The monoisotopic (exact) mass is 308 g/mol. The number of benzene rings is 2. The molecule has 0 aliphatic carbocycles. The smallest absolute Gasteiger partial charge is 0.185 e. The molecule has 3 aromatic rings. The van der Waals surface area contributed by atoms with Gasteiger partial charge in [-0.2, -0.15) is 5.10 Å². The molecule has 2 aromatic carbocycles.